The summed E-state index contributed by atoms with van der Waals surface area (Å²) in [7, 11) is 0. The molecule has 0 aliphatic rings. The summed E-state index contributed by atoms with van der Waals surface area (Å²) in [5.74, 6) is -1.34. The van der Waals surface area contributed by atoms with Crippen LogP contribution in [0.5, 0.6) is 0 Å². The predicted octanol–water partition coefficient (Wildman–Crippen LogP) is 6.38. The second-order valence-corrected chi connectivity index (χ2v) is 7.23. The number of hydrogen-bond donors (Lipinski definition) is 1. The van der Waals surface area contributed by atoms with Gasteiger partial charge in [0.05, 0.1) is 15.8 Å². The molecule has 28 heavy (non-hydrogen) atoms. The number of fused-ring (bicyclic) bond motifs is 3. The van der Waals surface area contributed by atoms with Crippen molar-refractivity contribution in [1.29, 1.82) is 0 Å². The molecular weight excluding hydrogens is 383 g/mol. The van der Waals surface area contributed by atoms with Crippen LogP contribution in [0.25, 0.3) is 26.4 Å². The Labute approximate surface area is 161 Å². The summed E-state index contributed by atoms with van der Waals surface area (Å²) in [5.41, 5.74) is 1.41. The number of benzene rings is 3. The fourth-order valence-corrected chi connectivity index (χ4v) is 4.23. The number of aromatic nitrogens is 2. The number of anilines is 2. The monoisotopic (exact) mass is 395 g/mol. The van der Waals surface area contributed by atoms with Crippen molar-refractivity contribution in [2.45, 2.75) is 0 Å². The van der Waals surface area contributed by atoms with Gasteiger partial charge in [-0.05, 0) is 48.5 Å². The van der Waals surface area contributed by atoms with Gasteiger partial charge in [-0.3, -0.25) is 4.40 Å². The lowest BCUT2D eigenvalue weighted by Crippen LogP contribution is -1.99. The first-order chi connectivity index (χ1) is 13.6. The second-order valence-electron chi connectivity index (χ2n) is 6.23. The van der Waals surface area contributed by atoms with E-state index in [4.69, 9.17) is 0 Å². The zero-order valence-electron chi connectivity index (χ0n) is 14.3. The lowest BCUT2D eigenvalue weighted by Gasteiger charge is -2.10. The number of thiazole rings is 1. The first-order valence-corrected chi connectivity index (χ1v) is 9.30. The molecule has 2 heterocycles. The van der Waals surface area contributed by atoms with E-state index in [2.05, 4.69) is 10.3 Å². The zero-order chi connectivity index (χ0) is 19.3. The highest BCUT2D eigenvalue weighted by molar-refractivity contribution is 7.23. The van der Waals surface area contributed by atoms with Gasteiger partial charge in [0.15, 0.2) is 4.96 Å². The van der Waals surface area contributed by atoms with Crippen molar-refractivity contribution in [3.05, 3.63) is 84.2 Å². The Balaban J connectivity index is 1.81. The molecule has 0 spiro atoms. The highest BCUT2D eigenvalue weighted by Gasteiger charge is 2.23. The van der Waals surface area contributed by atoms with Crippen LogP contribution in [0.4, 0.5) is 24.7 Å². The molecular formula is C21H12F3N3S. The molecule has 0 saturated heterocycles. The number of rotatable bonds is 3. The number of para-hydroxylation sites is 1. The summed E-state index contributed by atoms with van der Waals surface area (Å²) < 4.78 is 45.1. The Morgan fingerprint density at radius 1 is 0.821 bits per heavy atom. The molecule has 3 aromatic carbocycles. The van der Waals surface area contributed by atoms with E-state index in [9.17, 15) is 13.2 Å². The fraction of sp³-hybridized carbons (Fsp3) is 0. The van der Waals surface area contributed by atoms with Crippen LogP contribution in [0.15, 0.2) is 66.7 Å². The molecule has 1 N–H and O–H groups in total. The Morgan fingerprint density at radius 2 is 1.54 bits per heavy atom. The third-order valence-electron chi connectivity index (χ3n) is 4.46. The summed E-state index contributed by atoms with van der Waals surface area (Å²) in [6, 6.07) is 17.1. The normalized spacial score (nSPS) is 11.4. The van der Waals surface area contributed by atoms with Crippen LogP contribution in [0.3, 0.4) is 0 Å². The maximum atomic E-state index is 14.5. The average molecular weight is 395 g/mol. The summed E-state index contributed by atoms with van der Waals surface area (Å²) in [4.78, 5) is 5.12. The van der Waals surface area contributed by atoms with Crippen molar-refractivity contribution >= 4 is 38.0 Å². The number of hydrogen-bond acceptors (Lipinski definition) is 3. The van der Waals surface area contributed by atoms with Crippen LogP contribution in [-0.2, 0) is 0 Å². The molecule has 0 atom stereocenters. The van der Waals surface area contributed by atoms with E-state index >= 15 is 0 Å². The number of nitrogens with zero attached hydrogens (tertiary/aromatic N) is 2. The summed E-state index contributed by atoms with van der Waals surface area (Å²) >= 11 is 1.42. The van der Waals surface area contributed by atoms with Crippen molar-refractivity contribution in [2.75, 3.05) is 5.32 Å². The highest BCUT2D eigenvalue weighted by atomic mass is 32.1. The molecule has 0 aliphatic carbocycles. The Kier molecular flexibility index (Phi) is 3.84. The molecule has 0 aliphatic heterocycles. The van der Waals surface area contributed by atoms with Crippen LogP contribution in [0.1, 0.15) is 0 Å². The molecule has 0 radical (unpaired) electrons. The molecule has 0 fully saturated rings. The van der Waals surface area contributed by atoms with E-state index < -0.39 is 11.6 Å². The van der Waals surface area contributed by atoms with Crippen LogP contribution in [0, 0.1) is 17.5 Å². The molecule has 2 aromatic heterocycles. The molecule has 0 amide bonds. The standard InChI is InChI=1S/C21H12F3N3S/c22-12-8-10-13(11-9-12)25-20-19(18-14(23)4-3-5-15(18)24)26-21-27(20)16-6-1-2-7-17(16)28-21/h1-11,25H. The SMILES string of the molecule is Fc1ccc(Nc2c(-c3c(F)cccc3F)nc3sc4ccccc4n23)cc1. The van der Waals surface area contributed by atoms with Crippen molar-refractivity contribution in [3.63, 3.8) is 0 Å². The molecule has 0 saturated carbocycles. The quantitative estimate of drug-likeness (QED) is 0.384. The molecule has 0 bridgehead atoms. The first kappa shape index (κ1) is 16.8. The van der Waals surface area contributed by atoms with E-state index in [0.717, 1.165) is 10.2 Å². The zero-order valence-corrected chi connectivity index (χ0v) is 15.1. The Morgan fingerprint density at radius 3 is 2.29 bits per heavy atom. The van der Waals surface area contributed by atoms with E-state index in [1.54, 1.807) is 12.1 Å². The van der Waals surface area contributed by atoms with Crippen LogP contribution in [-0.4, -0.2) is 9.38 Å². The fourth-order valence-electron chi connectivity index (χ4n) is 3.20. The molecule has 7 heteroatoms. The van der Waals surface area contributed by atoms with E-state index in [-0.39, 0.29) is 17.1 Å². The van der Waals surface area contributed by atoms with Crippen molar-refractivity contribution < 1.29 is 13.2 Å². The van der Waals surface area contributed by atoms with Gasteiger partial charge < -0.3 is 5.32 Å². The lowest BCUT2D eigenvalue weighted by atomic mass is 10.1. The lowest BCUT2D eigenvalue weighted by molar-refractivity contribution is 0.589. The van der Waals surface area contributed by atoms with Crippen LogP contribution >= 0.6 is 11.3 Å². The maximum absolute atomic E-state index is 14.5. The third kappa shape index (κ3) is 2.63. The van der Waals surface area contributed by atoms with E-state index in [1.807, 2.05) is 28.7 Å². The molecule has 5 aromatic rings. The van der Waals surface area contributed by atoms with Gasteiger partial charge in [-0.1, -0.05) is 29.5 Å². The second kappa shape index (κ2) is 6.38. The van der Waals surface area contributed by atoms with Gasteiger partial charge in [0.2, 0.25) is 0 Å². The van der Waals surface area contributed by atoms with Gasteiger partial charge in [-0.2, -0.15) is 0 Å². The average Bonchev–Trinajstić information content (AvgIpc) is 3.20. The summed E-state index contributed by atoms with van der Waals surface area (Å²) in [6.07, 6.45) is 0. The number of nitrogens with one attached hydrogen (secondary N) is 1. The Hall–Kier alpha value is -3.32. The number of imidazole rings is 1. The minimum absolute atomic E-state index is 0.164. The maximum Gasteiger partial charge on any atom is 0.197 e. The number of halogens is 3. The Bertz CT molecular complexity index is 1300. The molecule has 0 unspecified atom stereocenters. The minimum atomic E-state index is -0.697. The van der Waals surface area contributed by atoms with Gasteiger partial charge >= 0.3 is 0 Å². The summed E-state index contributed by atoms with van der Waals surface area (Å²) in [6.45, 7) is 0. The molecule has 5 rings (SSSR count). The van der Waals surface area contributed by atoms with Crippen molar-refractivity contribution in [2.24, 2.45) is 0 Å². The van der Waals surface area contributed by atoms with Crippen LogP contribution in [0.2, 0.25) is 0 Å². The highest BCUT2D eigenvalue weighted by Crippen LogP contribution is 2.39. The molecule has 138 valence electrons. The van der Waals surface area contributed by atoms with Crippen molar-refractivity contribution in [3.8, 4) is 11.3 Å². The largest absolute Gasteiger partial charge is 0.339 e. The summed E-state index contributed by atoms with van der Waals surface area (Å²) in [5, 5.41) is 3.16. The van der Waals surface area contributed by atoms with Gasteiger partial charge in [-0.15, -0.1) is 0 Å². The topological polar surface area (TPSA) is 29.3 Å². The third-order valence-corrected chi connectivity index (χ3v) is 5.48. The van der Waals surface area contributed by atoms with Gasteiger partial charge in [0, 0.05) is 5.69 Å². The van der Waals surface area contributed by atoms with Crippen LogP contribution < -0.4 is 5.32 Å². The molecule has 3 nitrogen and oxygen atoms in total. The van der Waals surface area contributed by atoms with Gasteiger partial charge in [-0.25, -0.2) is 18.2 Å². The smallest absolute Gasteiger partial charge is 0.197 e. The van der Waals surface area contributed by atoms with Crippen molar-refractivity contribution in [1.82, 2.24) is 9.38 Å². The van der Waals surface area contributed by atoms with Gasteiger partial charge in [0.1, 0.15) is 29.0 Å². The van der Waals surface area contributed by atoms with Gasteiger partial charge in [0.25, 0.3) is 0 Å². The predicted molar refractivity (Wildman–Crippen MR) is 106 cm³/mol. The first-order valence-electron chi connectivity index (χ1n) is 8.49. The van der Waals surface area contributed by atoms with E-state index in [1.165, 1.54) is 41.7 Å². The minimum Gasteiger partial charge on any atom is -0.339 e. The van der Waals surface area contributed by atoms with E-state index in [0.29, 0.717) is 16.5 Å².